The van der Waals surface area contributed by atoms with Crippen LogP contribution in [0.3, 0.4) is 0 Å². The van der Waals surface area contributed by atoms with E-state index >= 15 is 0 Å². The van der Waals surface area contributed by atoms with E-state index < -0.39 is 0 Å². The van der Waals surface area contributed by atoms with Gasteiger partial charge in [0.1, 0.15) is 5.82 Å². The van der Waals surface area contributed by atoms with Gasteiger partial charge in [0.15, 0.2) is 5.16 Å². The second-order valence-corrected chi connectivity index (χ2v) is 8.43. The van der Waals surface area contributed by atoms with Crippen LogP contribution in [-0.4, -0.2) is 31.4 Å². The molecule has 2 aromatic heterocycles. The number of carbonyl (C=O) groups excluding carboxylic acids is 1. The van der Waals surface area contributed by atoms with Gasteiger partial charge in [0.2, 0.25) is 5.91 Å². The van der Waals surface area contributed by atoms with E-state index in [4.69, 9.17) is 0 Å². The fraction of sp³-hybridized carbons (Fsp3) is 0.208. The number of allylic oxidation sites excluding steroid dienone is 1. The summed E-state index contributed by atoms with van der Waals surface area (Å²) in [7, 11) is 0. The molecule has 158 valence electrons. The molecule has 0 aliphatic carbocycles. The molecule has 0 atom stereocenters. The standard InChI is InChI=1S/C24H25N5OS/c1-4-11-29-22(13-18-14-25-21-8-6-5-7-19(18)21)27-28-24(29)31-15-23(30)26-20-10-9-16(2)12-17(20)3/h4-10,12,14,25H,1,11,13,15H2,2-3H3,(H,26,30). The molecule has 0 saturated heterocycles. The highest BCUT2D eigenvalue weighted by Crippen LogP contribution is 2.24. The lowest BCUT2D eigenvalue weighted by molar-refractivity contribution is -0.113. The molecule has 0 aliphatic heterocycles. The maximum absolute atomic E-state index is 12.5. The highest BCUT2D eigenvalue weighted by Gasteiger charge is 2.16. The van der Waals surface area contributed by atoms with Gasteiger partial charge in [0.25, 0.3) is 0 Å². The van der Waals surface area contributed by atoms with Crippen LogP contribution in [0.4, 0.5) is 5.69 Å². The number of aromatic nitrogens is 4. The number of aromatic amines is 1. The molecule has 0 spiro atoms. The van der Waals surface area contributed by atoms with E-state index in [9.17, 15) is 4.79 Å². The zero-order chi connectivity index (χ0) is 21.8. The van der Waals surface area contributed by atoms with Crippen molar-refractivity contribution in [3.63, 3.8) is 0 Å². The molecular formula is C24H25N5OS. The van der Waals surface area contributed by atoms with E-state index in [0.717, 1.165) is 28.2 Å². The lowest BCUT2D eigenvalue weighted by atomic mass is 10.1. The fourth-order valence-electron chi connectivity index (χ4n) is 3.59. The summed E-state index contributed by atoms with van der Waals surface area (Å²) in [5, 5.41) is 13.6. The summed E-state index contributed by atoms with van der Waals surface area (Å²) in [5.74, 6) is 1.04. The maximum atomic E-state index is 12.5. The van der Waals surface area contributed by atoms with Crippen molar-refractivity contribution in [3.8, 4) is 0 Å². The molecule has 0 radical (unpaired) electrons. The highest BCUT2D eigenvalue weighted by atomic mass is 32.2. The van der Waals surface area contributed by atoms with Crippen molar-refractivity contribution < 1.29 is 4.79 Å². The first-order valence-corrected chi connectivity index (χ1v) is 11.1. The second kappa shape index (κ2) is 9.22. The van der Waals surface area contributed by atoms with Crippen molar-refractivity contribution in [1.29, 1.82) is 0 Å². The lowest BCUT2D eigenvalue weighted by Crippen LogP contribution is -2.15. The first kappa shape index (κ1) is 20.9. The molecule has 2 N–H and O–H groups in total. The van der Waals surface area contributed by atoms with E-state index in [1.807, 2.05) is 55.0 Å². The molecule has 4 aromatic rings. The molecule has 2 heterocycles. The summed E-state index contributed by atoms with van der Waals surface area (Å²) < 4.78 is 2.02. The van der Waals surface area contributed by atoms with Crippen molar-refractivity contribution in [3.05, 3.63) is 83.8 Å². The fourth-order valence-corrected chi connectivity index (χ4v) is 4.35. The van der Waals surface area contributed by atoms with Crippen LogP contribution in [0.15, 0.2) is 66.5 Å². The van der Waals surface area contributed by atoms with Crippen LogP contribution in [0.25, 0.3) is 10.9 Å². The molecule has 1 amide bonds. The summed E-state index contributed by atoms with van der Waals surface area (Å²) in [5.41, 5.74) is 5.32. The number of fused-ring (bicyclic) bond motifs is 1. The van der Waals surface area contributed by atoms with Crippen molar-refractivity contribution in [2.24, 2.45) is 0 Å². The Bertz CT molecular complexity index is 1240. The third-order valence-corrected chi connectivity index (χ3v) is 6.08. The highest BCUT2D eigenvalue weighted by molar-refractivity contribution is 7.99. The van der Waals surface area contributed by atoms with Gasteiger partial charge >= 0.3 is 0 Å². The average molecular weight is 432 g/mol. The Kier molecular flexibility index (Phi) is 6.23. The molecule has 6 nitrogen and oxygen atoms in total. The summed E-state index contributed by atoms with van der Waals surface area (Å²) >= 11 is 1.38. The molecule has 7 heteroatoms. The summed E-state index contributed by atoms with van der Waals surface area (Å²) in [6.45, 7) is 8.48. The van der Waals surface area contributed by atoms with E-state index in [-0.39, 0.29) is 11.7 Å². The van der Waals surface area contributed by atoms with Gasteiger partial charge < -0.3 is 14.9 Å². The van der Waals surface area contributed by atoms with Crippen LogP contribution in [-0.2, 0) is 17.8 Å². The smallest absolute Gasteiger partial charge is 0.234 e. The lowest BCUT2D eigenvalue weighted by Gasteiger charge is -2.10. The third-order valence-electron chi connectivity index (χ3n) is 5.12. The second-order valence-electron chi connectivity index (χ2n) is 7.49. The van der Waals surface area contributed by atoms with Gasteiger partial charge in [-0.2, -0.15) is 0 Å². The minimum Gasteiger partial charge on any atom is -0.361 e. The Morgan fingerprint density at radius 3 is 2.87 bits per heavy atom. The number of hydrogen-bond donors (Lipinski definition) is 2. The first-order valence-electron chi connectivity index (χ1n) is 10.1. The van der Waals surface area contributed by atoms with Gasteiger partial charge in [-0.3, -0.25) is 4.79 Å². The Balaban J connectivity index is 1.47. The molecule has 0 saturated carbocycles. The summed E-state index contributed by atoms with van der Waals surface area (Å²) in [4.78, 5) is 15.8. The minimum absolute atomic E-state index is 0.0664. The van der Waals surface area contributed by atoms with E-state index in [0.29, 0.717) is 18.1 Å². The molecule has 4 rings (SSSR count). The summed E-state index contributed by atoms with van der Waals surface area (Å²) in [6, 6.07) is 14.2. The zero-order valence-electron chi connectivity index (χ0n) is 17.7. The van der Waals surface area contributed by atoms with Crippen LogP contribution in [0.5, 0.6) is 0 Å². The number of hydrogen-bond acceptors (Lipinski definition) is 4. The van der Waals surface area contributed by atoms with Crippen molar-refractivity contribution in [1.82, 2.24) is 19.7 Å². The number of H-pyrrole nitrogens is 1. The SMILES string of the molecule is C=CCn1c(Cc2c[nH]c3ccccc23)nnc1SCC(=O)Nc1ccc(C)cc1C. The number of benzene rings is 2. The molecule has 0 aliphatic rings. The molecule has 0 fully saturated rings. The number of nitrogens with one attached hydrogen (secondary N) is 2. The number of anilines is 1. The Morgan fingerprint density at radius 2 is 2.06 bits per heavy atom. The maximum Gasteiger partial charge on any atom is 0.234 e. The monoisotopic (exact) mass is 431 g/mol. The number of nitrogens with zero attached hydrogens (tertiary/aromatic N) is 3. The average Bonchev–Trinajstić information content (AvgIpc) is 3.34. The number of aryl methyl sites for hydroxylation is 2. The quantitative estimate of drug-likeness (QED) is 0.308. The largest absolute Gasteiger partial charge is 0.361 e. The Morgan fingerprint density at radius 1 is 1.23 bits per heavy atom. The normalized spacial score (nSPS) is 11.0. The van der Waals surface area contributed by atoms with Crippen LogP contribution < -0.4 is 5.32 Å². The van der Waals surface area contributed by atoms with Gasteiger partial charge in [-0.05, 0) is 37.1 Å². The van der Waals surface area contributed by atoms with Gasteiger partial charge in [-0.15, -0.1) is 16.8 Å². The van der Waals surface area contributed by atoms with Crippen LogP contribution in [0.1, 0.15) is 22.5 Å². The van der Waals surface area contributed by atoms with Crippen LogP contribution in [0, 0.1) is 13.8 Å². The van der Waals surface area contributed by atoms with Gasteiger partial charge in [0, 0.05) is 35.8 Å². The molecular weight excluding hydrogens is 406 g/mol. The number of amides is 1. The third kappa shape index (κ3) is 4.72. The van der Waals surface area contributed by atoms with Gasteiger partial charge in [0.05, 0.1) is 5.75 Å². The number of thioether (sulfide) groups is 1. The van der Waals surface area contributed by atoms with E-state index in [1.165, 1.54) is 22.7 Å². The van der Waals surface area contributed by atoms with Crippen LogP contribution >= 0.6 is 11.8 Å². The van der Waals surface area contributed by atoms with Crippen molar-refractivity contribution in [2.75, 3.05) is 11.1 Å². The Hall–Kier alpha value is -3.32. The predicted octanol–water partition coefficient (Wildman–Crippen LogP) is 4.88. The van der Waals surface area contributed by atoms with Gasteiger partial charge in [-0.25, -0.2) is 0 Å². The first-order chi connectivity index (χ1) is 15.0. The van der Waals surface area contributed by atoms with Crippen molar-refractivity contribution >= 4 is 34.3 Å². The number of para-hydroxylation sites is 1. The molecule has 31 heavy (non-hydrogen) atoms. The summed E-state index contributed by atoms with van der Waals surface area (Å²) in [6.07, 6.45) is 4.49. The Labute approximate surface area is 185 Å². The zero-order valence-corrected chi connectivity index (χ0v) is 18.5. The van der Waals surface area contributed by atoms with Crippen molar-refractivity contribution in [2.45, 2.75) is 32.0 Å². The minimum atomic E-state index is -0.0664. The molecule has 2 aromatic carbocycles. The van der Waals surface area contributed by atoms with Gasteiger partial charge in [-0.1, -0.05) is 53.7 Å². The van der Waals surface area contributed by atoms with E-state index in [2.05, 4.69) is 45.3 Å². The number of carbonyl (C=O) groups is 1. The molecule has 0 bridgehead atoms. The number of rotatable bonds is 8. The van der Waals surface area contributed by atoms with Crippen LogP contribution in [0.2, 0.25) is 0 Å². The molecule has 0 unspecified atom stereocenters. The van der Waals surface area contributed by atoms with E-state index in [1.54, 1.807) is 0 Å². The topological polar surface area (TPSA) is 75.6 Å². The predicted molar refractivity (Wildman–Crippen MR) is 127 cm³/mol.